The van der Waals surface area contributed by atoms with Crippen LogP contribution in [-0.4, -0.2) is 16.9 Å². The standard InChI is InChI=1S/C15H19N3O/c1-3-5-12(16)15(19)18-13-8-7-10(2)14-11(13)6-4-9-17-14/h4,6-9,12H,3,5,16H2,1-2H3,(H,18,19)/t12-/m1/s1. The minimum Gasteiger partial charge on any atom is -0.324 e. The highest BCUT2D eigenvalue weighted by Gasteiger charge is 2.14. The van der Waals surface area contributed by atoms with Crippen molar-refractivity contribution in [3.05, 3.63) is 36.0 Å². The van der Waals surface area contributed by atoms with Gasteiger partial charge in [0.1, 0.15) is 0 Å². The Hall–Kier alpha value is -1.94. The molecule has 0 aliphatic rings. The van der Waals surface area contributed by atoms with E-state index in [1.807, 2.05) is 38.1 Å². The molecule has 0 fully saturated rings. The Labute approximate surface area is 113 Å². The first-order valence-corrected chi connectivity index (χ1v) is 6.54. The molecular weight excluding hydrogens is 238 g/mol. The molecule has 2 rings (SSSR count). The third-order valence-electron chi connectivity index (χ3n) is 3.17. The van der Waals surface area contributed by atoms with Gasteiger partial charge in [-0.3, -0.25) is 9.78 Å². The Bertz CT molecular complexity index is 595. The van der Waals surface area contributed by atoms with E-state index >= 15 is 0 Å². The minimum absolute atomic E-state index is 0.143. The Balaban J connectivity index is 2.31. The third kappa shape index (κ3) is 2.90. The van der Waals surface area contributed by atoms with Gasteiger partial charge in [0.05, 0.1) is 17.2 Å². The van der Waals surface area contributed by atoms with Gasteiger partial charge >= 0.3 is 0 Å². The fraction of sp³-hybridized carbons (Fsp3) is 0.333. The first kappa shape index (κ1) is 13.5. The van der Waals surface area contributed by atoms with Crippen LogP contribution in [0.3, 0.4) is 0 Å². The highest BCUT2D eigenvalue weighted by molar-refractivity contribution is 6.03. The van der Waals surface area contributed by atoms with Gasteiger partial charge in [0.25, 0.3) is 0 Å². The number of nitrogens with two attached hydrogens (primary N) is 1. The fourth-order valence-electron chi connectivity index (χ4n) is 2.09. The number of pyridine rings is 1. The van der Waals surface area contributed by atoms with Crippen molar-refractivity contribution in [2.24, 2.45) is 5.73 Å². The highest BCUT2D eigenvalue weighted by Crippen LogP contribution is 2.24. The van der Waals surface area contributed by atoms with E-state index in [2.05, 4.69) is 10.3 Å². The molecule has 4 heteroatoms. The van der Waals surface area contributed by atoms with Crippen molar-refractivity contribution in [3.63, 3.8) is 0 Å². The van der Waals surface area contributed by atoms with E-state index in [0.717, 1.165) is 28.6 Å². The second-order valence-corrected chi connectivity index (χ2v) is 4.71. The summed E-state index contributed by atoms with van der Waals surface area (Å²) in [6.07, 6.45) is 3.34. The Morgan fingerprint density at radius 1 is 1.42 bits per heavy atom. The van der Waals surface area contributed by atoms with Crippen molar-refractivity contribution >= 4 is 22.5 Å². The van der Waals surface area contributed by atoms with Crippen LogP contribution >= 0.6 is 0 Å². The quantitative estimate of drug-likeness (QED) is 0.884. The van der Waals surface area contributed by atoms with Gasteiger partial charge in [-0.15, -0.1) is 0 Å². The van der Waals surface area contributed by atoms with Gasteiger partial charge < -0.3 is 11.1 Å². The van der Waals surface area contributed by atoms with Crippen molar-refractivity contribution in [3.8, 4) is 0 Å². The average molecular weight is 257 g/mol. The first-order valence-electron chi connectivity index (χ1n) is 6.54. The number of carbonyl (C=O) groups excluding carboxylic acids is 1. The first-order chi connectivity index (χ1) is 9.13. The van der Waals surface area contributed by atoms with Gasteiger partial charge in [0, 0.05) is 11.6 Å². The lowest BCUT2D eigenvalue weighted by molar-refractivity contribution is -0.117. The van der Waals surface area contributed by atoms with Gasteiger partial charge in [0.15, 0.2) is 0 Å². The number of benzene rings is 1. The van der Waals surface area contributed by atoms with Crippen molar-refractivity contribution in [1.29, 1.82) is 0 Å². The molecule has 1 aromatic heterocycles. The molecular formula is C15H19N3O. The normalized spacial score (nSPS) is 12.4. The van der Waals surface area contributed by atoms with E-state index in [9.17, 15) is 4.79 Å². The molecule has 1 atom stereocenters. The molecule has 0 saturated heterocycles. The van der Waals surface area contributed by atoms with Crippen LogP contribution < -0.4 is 11.1 Å². The SMILES string of the molecule is CCC[C@@H](N)C(=O)Nc1ccc(C)c2ncccc12. The lowest BCUT2D eigenvalue weighted by Gasteiger charge is -2.13. The average Bonchev–Trinajstić information content (AvgIpc) is 2.42. The summed E-state index contributed by atoms with van der Waals surface area (Å²) in [6.45, 7) is 4.02. The Kier molecular flexibility index (Phi) is 4.12. The maximum atomic E-state index is 12.0. The van der Waals surface area contributed by atoms with Crippen LogP contribution in [0.2, 0.25) is 0 Å². The minimum atomic E-state index is -0.460. The maximum absolute atomic E-state index is 12.0. The van der Waals surface area contributed by atoms with Crippen molar-refractivity contribution in [2.75, 3.05) is 5.32 Å². The van der Waals surface area contributed by atoms with Gasteiger partial charge in [-0.25, -0.2) is 0 Å². The number of carbonyl (C=O) groups is 1. The molecule has 0 aliphatic heterocycles. The fourth-order valence-corrected chi connectivity index (χ4v) is 2.09. The molecule has 4 nitrogen and oxygen atoms in total. The number of nitrogens with zero attached hydrogens (tertiary/aromatic N) is 1. The van der Waals surface area contributed by atoms with Crippen LogP contribution in [-0.2, 0) is 4.79 Å². The molecule has 1 heterocycles. The molecule has 3 N–H and O–H groups in total. The van der Waals surface area contributed by atoms with Crippen LogP contribution in [0, 0.1) is 6.92 Å². The van der Waals surface area contributed by atoms with Gasteiger partial charge in [-0.05, 0) is 37.1 Å². The topological polar surface area (TPSA) is 68.0 Å². The Morgan fingerprint density at radius 3 is 2.95 bits per heavy atom. The second kappa shape index (κ2) is 5.80. The van der Waals surface area contributed by atoms with Crippen LogP contribution in [0.4, 0.5) is 5.69 Å². The number of aryl methyl sites for hydroxylation is 1. The molecule has 19 heavy (non-hydrogen) atoms. The maximum Gasteiger partial charge on any atom is 0.241 e. The molecule has 1 aromatic carbocycles. The van der Waals surface area contributed by atoms with Crippen molar-refractivity contribution in [1.82, 2.24) is 4.98 Å². The van der Waals surface area contributed by atoms with Crippen LogP contribution in [0.15, 0.2) is 30.5 Å². The summed E-state index contributed by atoms with van der Waals surface area (Å²) < 4.78 is 0. The number of hydrogen-bond donors (Lipinski definition) is 2. The molecule has 0 unspecified atom stereocenters. The molecule has 0 bridgehead atoms. The molecule has 1 amide bonds. The number of rotatable bonds is 4. The molecule has 0 aliphatic carbocycles. The predicted octanol–water partition coefficient (Wildman–Crippen LogP) is 2.61. The predicted molar refractivity (Wildman–Crippen MR) is 78.0 cm³/mol. The summed E-state index contributed by atoms with van der Waals surface area (Å²) in [6, 6.07) is 7.21. The molecule has 0 saturated carbocycles. The van der Waals surface area contributed by atoms with Crippen molar-refractivity contribution in [2.45, 2.75) is 32.7 Å². The zero-order chi connectivity index (χ0) is 13.8. The lowest BCUT2D eigenvalue weighted by Crippen LogP contribution is -2.35. The Morgan fingerprint density at radius 2 is 2.21 bits per heavy atom. The van der Waals surface area contributed by atoms with Gasteiger partial charge in [0.2, 0.25) is 5.91 Å². The number of aromatic nitrogens is 1. The molecule has 0 spiro atoms. The molecule has 2 aromatic rings. The zero-order valence-corrected chi connectivity index (χ0v) is 11.3. The van der Waals surface area contributed by atoms with Crippen LogP contribution in [0.25, 0.3) is 10.9 Å². The molecule has 100 valence electrons. The van der Waals surface area contributed by atoms with E-state index in [0.29, 0.717) is 6.42 Å². The summed E-state index contributed by atoms with van der Waals surface area (Å²) in [5, 5.41) is 3.84. The number of amides is 1. The summed E-state index contributed by atoms with van der Waals surface area (Å²) in [4.78, 5) is 16.3. The van der Waals surface area contributed by atoms with E-state index in [4.69, 9.17) is 5.73 Å². The van der Waals surface area contributed by atoms with Crippen molar-refractivity contribution < 1.29 is 4.79 Å². The number of anilines is 1. The zero-order valence-electron chi connectivity index (χ0n) is 11.3. The van der Waals surface area contributed by atoms with E-state index in [1.165, 1.54) is 0 Å². The van der Waals surface area contributed by atoms with E-state index in [1.54, 1.807) is 6.20 Å². The number of fused-ring (bicyclic) bond motifs is 1. The molecule has 0 radical (unpaired) electrons. The van der Waals surface area contributed by atoms with Gasteiger partial charge in [-0.1, -0.05) is 19.4 Å². The monoisotopic (exact) mass is 257 g/mol. The summed E-state index contributed by atoms with van der Waals surface area (Å²) in [7, 11) is 0. The van der Waals surface area contributed by atoms with Gasteiger partial charge in [-0.2, -0.15) is 0 Å². The van der Waals surface area contributed by atoms with E-state index in [-0.39, 0.29) is 5.91 Å². The summed E-state index contributed by atoms with van der Waals surface area (Å²) in [5.74, 6) is -0.143. The largest absolute Gasteiger partial charge is 0.324 e. The van der Waals surface area contributed by atoms with E-state index < -0.39 is 6.04 Å². The second-order valence-electron chi connectivity index (χ2n) is 4.71. The highest BCUT2D eigenvalue weighted by atomic mass is 16.2. The number of nitrogens with one attached hydrogen (secondary N) is 1. The lowest BCUT2D eigenvalue weighted by atomic mass is 10.1. The summed E-state index contributed by atoms with van der Waals surface area (Å²) >= 11 is 0. The van der Waals surface area contributed by atoms with Crippen LogP contribution in [0.1, 0.15) is 25.3 Å². The smallest absolute Gasteiger partial charge is 0.241 e. The number of hydrogen-bond acceptors (Lipinski definition) is 3. The summed E-state index contributed by atoms with van der Waals surface area (Å²) in [5.41, 5.74) is 8.59. The third-order valence-corrected chi connectivity index (χ3v) is 3.17. The van der Waals surface area contributed by atoms with Crippen LogP contribution in [0.5, 0.6) is 0 Å².